The van der Waals surface area contributed by atoms with Crippen LogP contribution in [0.2, 0.25) is 0 Å². The SMILES string of the molecule is O=C(O)[C@H]1CCCN1C1CCSC1. The third-order valence-corrected chi connectivity index (χ3v) is 4.10. The topological polar surface area (TPSA) is 40.5 Å². The van der Waals surface area contributed by atoms with E-state index >= 15 is 0 Å². The second-order valence-corrected chi connectivity index (χ2v) is 4.90. The molecule has 0 amide bonds. The van der Waals surface area contributed by atoms with Gasteiger partial charge in [-0.25, -0.2) is 0 Å². The number of nitrogens with zero attached hydrogens (tertiary/aromatic N) is 1. The summed E-state index contributed by atoms with van der Waals surface area (Å²) in [4.78, 5) is 13.1. The predicted octanol–water partition coefficient (Wildman–Crippen LogP) is 1.04. The van der Waals surface area contributed by atoms with Gasteiger partial charge in [0.25, 0.3) is 0 Å². The maximum atomic E-state index is 10.9. The van der Waals surface area contributed by atoms with Crippen LogP contribution in [0.25, 0.3) is 0 Å². The molecule has 0 aromatic rings. The summed E-state index contributed by atoms with van der Waals surface area (Å²) in [5, 5.41) is 9.00. The minimum absolute atomic E-state index is 0.191. The lowest BCUT2D eigenvalue weighted by molar-refractivity contribution is -0.142. The van der Waals surface area contributed by atoms with E-state index in [1.165, 1.54) is 12.2 Å². The van der Waals surface area contributed by atoms with Gasteiger partial charge in [0.05, 0.1) is 0 Å². The Morgan fingerprint density at radius 3 is 2.92 bits per heavy atom. The first-order valence-corrected chi connectivity index (χ1v) is 6.01. The van der Waals surface area contributed by atoms with E-state index in [0.29, 0.717) is 6.04 Å². The molecule has 1 N–H and O–H groups in total. The van der Waals surface area contributed by atoms with Crippen molar-refractivity contribution in [3.8, 4) is 0 Å². The number of thioether (sulfide) groups is 1. The zero-order valence-electron chi connectivity index (χ0n) is 7.61. The second-order valence-electron chi connectivity index (χ2n) is 3.75. The van der Waals surface area contributed by atoms with Crippen molar-refractivity contribution in [1.82, 2.24) is 4.90 Å². The van der Waals surface area contributed by atoms with Crippen molar-refractivity contribution >= 4 is 17.7 Å². The van der Waals surface area contributed by atoms with Crippen LogP contribution in [-0.4, -0.2) is 46.1 Å². The first-order valence-electron chi connectivity index (χ1n) is 4.85. The van der Waals surface area contributed by atoms with Crippen molar-refractivity contribution in [3.63, 3.8) is 0 Å². The van der Waals surface area contributed by atoms with E-state index in [9.17, 15) is 4.79 Å². The van der Waals surface area contributed by atoms with Crippen molar-refractivity contribution in [3.05, 3.63) is 0 Å². The molecule has 0 aromatic carbocycles. The Bertz CT molecular complexity index is 204. The number of likely N-dealkylation sites (tertiary alicyclic amines) is 1. The van der Waals surface area contributed by atoms with Gasteiger partial charge < -0.3 is 5.11 Å². The Morgan fingerprint density at radius 2 is 2.31 bits per heavy atom. The monoisotopic (exact) mass is 201 g/mol. The predicted molar refractivity (Wildman–Crippen MR) is 53.1 cm³/mol. The molecule has 1 unspecified atom stereocenters. The molecule has 2 aliphatic rings. The number of hydrogen-bond acceptors (Lipinski definition) is 3. The second kappa shape index (κ2) is 3.88. The molecule has 2 rings (SSSR count). The lowest BCUT2D eigenvalue weighted by Crippen LogP contribution is -2.43. The summed E-state index contributed by atoms with van der Waals surface area (Å²) in [6.07, 6.45) is 3.07. The van der Waals surface area contributed by atoms with Crippen molar-refractivity contribution in [2.24, 2.45) is 0 Å². The minimum Gasteiger partial charge on any atom is -0.480 e. The molecule has 0 radical (unpaired) electrons. The fourth-order valence-electron chi connectivity index (χ4n) is 2.27. The summed E-state index contributed by atoms with van der Waals surface area (Å²) >= 11 is 1.95. The standard InChI is InChI=1S/C9H15NO2S/c11-9(12)8-2-1-4-10(8)7-3-5-13-6-7/h7-8H,1-6H2,(H,11,12)/t7?,8-/m1/s1. The summed E-state index contributed by atoms with van der Waals surface area (Å²) in [7, 11) is 0. The molecule has 0 spiro atoms. The highest BCUT2D eigenvalue weighted by molar-refractivity contribution is 7.99. The smallest absolute Gasteiger partial charge is 0.320 e. The summed E-state index contributed by atoms with van der Waals surface area (Å²) in [5.74, 6) is 1.70. The molecule has 2 heterocycles. The highest BCUT2D eigenvalue weighted by atomic mass is 32.2. The number of carboxylic acid groups (broad SMARTS) is 1. The van der Waals surface area contributed by atoms with E-state index in [2.05, 4.69) is 4.90 Å². The lowest BCUT2D eigenvalue weighted by Gasteiger charge is -2.27. The fraction of sp³-hybridized carbons (Fsp3) is 0.889. The van der Waals surface area contributed by atoms with E-state index in [4.69, 9.17) is 5.11 Å². The molecule has 2 aliphatic heterocycles. The van der Waals surface area contributed by atoms with Crippen molar-refractivity contribution in [2.45, 2.75) is 31.3 Å². The largest absolute Gasteiger partial charge is 0.480 e. The van der Waals surface area contributed by atoms with Gasteiger partial charge in [0.1, 0.15) is 6.04 Å². The van der Waals surface area contributed by atoms with Crippen LogP contribution >= 0.6 is 11.8 Å². The van der Waals surface area contributed by atoms with Crippen molar-refractivity contribution < 1.29 is 9.90 Å². The fourth-order valence-corrected chi connectivity index (χ4v) is 3.51. The van der Waals surface area contributed by atoms with Crippen LogP contribution in [0.5, 0.6) is 0 Å². The number of aliphatic carboxylic acids is 1. The van der Waals surface area contributed by atoms with E-state index in [0.717, 1.165) is 25.1 Å². The normalized spacial score (nSPS) is 35.4. The Labute approximate surface area is 82.5 Å². The molecule has 0 bridgehead atoms. The summed E-state index contributed by atoms with van der Waals surface area (Å²) in [5.41, 5.74) is 0. The van der Waals surface area contributed by atoms with Crippen LogP contribution in [-0.2, 0) is 4.79 Å². The molecule has 2 saturated heterocycles. The highest BCUT2D eigenvalue weighted by Gasteiger charge is 2.36. The molecular weight excluding hydrogens is 186 g/mol. The number of hydrogen-bond donors (Lipinski definition) is 1. The number of rotatable bonds is 2. The molecule has 13 heavy (non-hydrogen) atoms. The molecule has 0 aliphatic carbocycles. The van der Waals surface area contributed by atoms with E-state index in [1.807, 2.05) is 11.8 Å². The molecule has 3 nitrogen and oxygen atoms in total. The zero-order chi connectivity index (χ0) is 9.26. The molecule has 4 heteroatoms. The van der Waals surface area contributed by atoms with E-state index < -0.39 is 5.97 Å². The van der Waals surface area contributed by atoms with Gasteiger partial charge in [-0.15, -0.1) is 0 Å². The Kier molecular flexibility index (Phi) is 2.79. The number of carbonyl (C=O) groups is 1. The average Bonchev–Trinajstić information content (AvgIpc) is 2.74. The Hall–Kier alpha value is -0.220. The third-order valence-electron chi connectivity index (χ3n) is 2.95. The van der Waals surface area contributed by atoms with Gasteiger partial charge in [0.15, 0.2) is 0 Å². The lowest BCUT2D eigenvalue weighted by atomic mass is 10.2. The zero-order valence-corrected chi connectivity index (χ0v) is 8.42. The molecule has 0 saturated carbocycles. The maximum absolute atomic E-state index is 10.9. The van der Waals surface area contributed by atoms with Gasteiger partial charge in [0.2, 0.25) is 0 Å². The van der Waals surface area contributed by atoms with Crippen molar-refractivity contribution in [1.29, 1.82) is 0 Å². The summed E-state index contributed by atoms with van der Waals surface area (Å²) < 4.78 is 0. The average molecular weight is 201 g/mol. The summed E-state index contributed by atoms with van der Waals surface area (Å²) in [6, 6.07) is 0.345. The summed E-state index contributed by atoms with van der Waals surface area (Å²) in [6.45, 7) is 0.988. The molecule has 74 valence electrons. The van der Waals surface area contributed by atoms with Crippen LogP contribution < -0.4 is 0 Å². The van der Waals surface area contributed by atoms with Gasteiger partial charge in [-0.3, -0.25) is 9.69 Å². The van der Waals surface area contributed by atoms with Crippen molar-refractivity contribution in [2.75, 3.05) is 18.1 Å². The highest BCUT2D eigenvalue weighted by Crippen LogP contribution is 2.28. The molecule has 2 atom stereocenters. The third kappa shape index (κ3) is 1.83. The number of carboxylic acids is 1. The van der Waals surface area contributed by atoms with Gasteiger partial charge in [-0.1, -0.05) is 0 Å². The van der Waals surface area contributed by atoms with Crippen LogP contribution in [0.3, 0.4) is 0 Å². The minimum atomic E-state index is -0.630. The van der Waals surface area contributed by atoms with Crippen LogP contribution in [0, 0.1) is 0 Å². The van der Waals surface area contributed by atoms with E-state index in [-0.39, 0.29) is 6.04 Å². The van der Waals surface area contributed by atoms with Gasteiger partial charge in [-0.2, -0.15) is 11.8 Å². The van der Waals surface area contributed by atoms with E-state index in [1.54, 1.807) is 0 Å². The van der Waals surface area contributed by atoms with Crippen LogP contribution in [0.15, 0.2) is 0 Å². The van der Waals surface area contributed by atoms with Gasteiger partial charge in [-0.05, 0) is 31.6 Å². The first kappa shape index (κ1) is 9.34. The Morgan fingerprint density at radius 1 is 1.46 bits per heavy atom. The molecular formula is C9H15NO2S. The quantitative estimate of drug-likeness (QED) is 0.724. The first-order chi connectivity index (χ1) is 6.29. The maximum Gasteiger partial charge on any atom is 0.320 e. The molecule has 2 fully saturated rings. The van der Waals surface area contributed by atoms with Gasteiger partial charge >= 0.3 is 5.97 Å². The van der Waals surface area contributed by atoms with Crippen LogP contribution in [0.1, 0.15) is 19.3 Å². The van der Waals surface area contributed by atoms with Gasteiger partial charge in [0, 0.05) is 11.8 Å². The Balaban J connectivity index is 2.00. The van der Waals surface area contributed by atoms with Crippen LogP contribution in [0.4, 0.5) is 0 Å². The molecule has 0 aromatic heterocycles.